The van der Waals surface area contributed by atoms with E-state index in [1.165, 1.54) is 0 Å². The van der Waals surface area contributed by atoms with Gasteiger partial charge in [0.05, 0.1) is 6.61 Å². The molecule has 1 rings (SSSR count). The topological polar surface area (TPSA) is 41.6 Å². The van der Waals surface area contributed by atoms with Crippen molar-refractivity contribution in [1.82, 2.24) is 10.2 Å². The van der Waals surface area contributed by atoms with Crippen molar-refractivity contribution in [2.45, 2.75) is 32.7 Å². The molecule has 0 heterocycles. The monoisotopic (exact) mass is 292 g/mol. The Balaban J connectivity index is 3.18. The van der Waals surface area contributed by atoms with Crippen LogP contribution in [0.1, 0.15) is 32.8 Å². The molecule has 0 fully saturated rings. The Bertz CT molecular complexity index is 422. The number of carbonyl (C=O) groups is 1. The molecule has 1 unspecified atom stereocenters. The maximum Gasteiger partial charge on any atom is 0.332 e. The molecule has 21 heavy (non-hydrogen) atoms. The second kappa shape index (κ2) is 8.80. The van der Waals surface area contributed by atoms with Crippen molar-refractivity contribution in [3.63, 3.8) is 0 Å². The van der Waals surface area contributed by atoms with Gasteiger partial charge in [0.1, 0.15) is 0 Å². The highest BCUT2D eigenvalue weighted by Crippen LogP contribution is 2.24. The number of esters is 1. The van der Waals surface area contributed by atoms with Crippen molar-refractivity contribution in [3.8, 4) is 0 Å². The molecule has 0 spiro atoms. The number of hydrogen-bond acceptors (Lipinski definition) is 4. The molecule has 0 aliphatic heterocycles. The van der Waals surface area contributed by atoms with E-state index in [1.54, 1.807) is 0 Å². The number of likely N-dealkylation sites (N-methyl/N-ethyl adjacent to an activating group) is 2. The molecule has 0 radical (unpaired) electrons. The quantitative estimate of drug-likeness (QED) is 0.710. The first-order valence-electron chi connectivity index (χ1n) is 7.77. The van der Waals surface area contributed by atoms with E-state index in [0.29, 0.717) is 19.7 Å². The standard InChI is InChI=1S/C17H28N2O2/c1-5-13-19(4)14-17(18-6-2,16(20)21-7-3)15-11-9-8-10-12-15/h8-12,18H,5-7,13-14H2,1-4H3. The van der Waals surface area contributed by atoms with E-state index < -0.39 is 5.54 Å². The molecule has 118 valence electrons. The molecule has 1 atom stereocenters. The lowest BCUT2D eigenvalue weighted by atomic mass is 9.89. The van der Waals surface area contributed by atoms with Crippen molar-refractivity contribution in [1.29, 1.82) is 0 Å². The first kappa shape index (κ1) is 17.7. The molecular formula is C17H28N2O2. The van der Waals surface area contributed by atoms with Gasteiger partial charge in [0.25, 0.3) is 0 Å². The number of nitrogens with one attached hydrogen (secondary N) is 1. The van der Waals surface area contributed by atoms with E-state index in [2.05, 4.69) is 17.1 Å². The summed E-state index contributed by atoms with van der Waals surface area (Å²) in [5.74, 6) is -0.207. The van der Waals surface area contributed by atoms with E-state index in [0.717, 1.165) is 18.5 Å². The largest absolute Gasteiger partial charge is 0.464 e. The molecule has 0 aromatic heterocycles. The molecule has 0 saturated carbocycles. The van der Waals surface area contributed by atoms with Gasteiger partial charge in [-0.1, -0.05) is 44.2 Å². The van der Waals surface area contributed by atoms with Crippen molar-refractivity contribution >= 4 is 5.97 Å². The SMILES string of the molecule is CCCN(C)CC(NCC)(C(=O)OCC)c1ccccc1. The zero-order valence-corrected chi connectivity index (χ0v) is 13.7. The fourth-order valence-corrected chi connectivity index (χ4v) is 2.65. The number of benzene rings is 1. The average molecular weight is 292 g/mol. The van der Waals surface area contributed by atoms with Crippen LogP contribution in [0.3, 0.4) is 0 Å². The van der Waals surface area contributed by atoms with Gasteiger partial charge in [-0.15, -0.1) is 0 Å². The smallest absolute Gasteiger partial charge is 0.332 e. The Morgan fingerprint density at radius 1 is 1.24 bits per heavy atom. The van der Waals surface area contributed by atoms with Crippen LogP contribution in [0.25, 0.3) is 0 Å². The van der Waals surface area contributed by atoms with Crippen molar-refractivity contribution < 1.29 is 9.53 Å². The Morgan fingerprint density at radius 2 is 1.90 bits per heavy atom. The molecule has 0 aliphatic carbocycles. The summed E-state index contributed by atoms with van der Waals surface area (Å²) in [7, 11) is 2.04. The van der Waals surface area contributed by atoms with Gasteiger partial charge in [-0.25, -0.2) is 4.79 Å². The predicted molar refractivity (Wildman–Crippen MR) is 86.2 cm³/mol. The van der Waals surface area contributed by atoms with Gasteiger partial charge >= 0.3 is 5.97 Å². The summed E-state index contributed by atoms with van der Waals surface area (Å²) in [6.45, 7) is 8.62. The Labute approximate surface area is 128 Å². The molecule has 4 heteroatoms. The third-order valence-electron chi connectivity index (χ3n) is 3.48. The lowest BCUT2D eigenvalue weighted by Crippen LogP contribution is -2.56. The van der Waals surface area contributed by atoms with Gasteiger partial charge < -0.3 is 9.64 Å². The maximum atomic E-state index is 12.7. The van der Waals surface area contributed by atoms with Crippen LogP contribution in [0.15, 0.2) is 30.3 Å². The molecule has 4 nitrogen and oxygen atoms in total. The first-order chi connectivity index (χ1) is 10.1. The number of nitrogens with zero attached hydrogens (tertiary/aromatic N) is 1. The van der Waals surface area contributed by atoms with E-state index in [9.17, 15) is 4.79 Å². The number of rotatable bonds is 9. The Hall–Kier alpha value is -1.39. The summed E-state index contributed by atoms with van der Waals surface area (Å²) in [5, 5.41) is 3.37. The fraction of sp³-hybridized carbons (Fsp3) is 0.588. The highest BCUT2D eigenvalue weighted by Gasteiger charge is 2.41. The van der Waals surface area contributed by atoms with Crippen LogP contribution in [0, 0.1) is 0 Å². The molecular weight excluding hydrogens is 264 g/mol. The first-order valence-corrected chi connectivity index (χ1v) is 7.77. The second-order valence-corrected chi connectivity index (χ2v) is 5.26. The molecule has 0 saturated heterocycles. The zero-order chi connectivity index (χ0) is 15.7. The van der Waals surface area contributed by atoms with E-state index >= 15 is 0 Å². The van der Waals surface area contributed by atoms with Crippen LogP contribution >= 0.6 is 0 Å². The van der Waals surface area contributed by atoms with Gasteiger partial charge in [0, 0.05) is 6.54 Å². The molecule has 0 aliphatic rings. The number of carbonyl (C=O) groups excluding carboxylic acids is 1. The number of hydrogen-bond donors (Lipinski definition) is 1. The van der Waals surface area contributed by atoms with Gasteiger partial charge in [-0.05, 0) is 39.0 Å². The zero-order valence-electron chi connectivity index (χ0n) is 13.7. The summed E-state index contributed by atoms with van der Waals surface area (Å²) in [4.78, 5) is 14.9. The Kier molecular flexibility index (Phi) is 7.40. The molecule has 0 amide bonds. The minimum absolute atomic E-state index is 0.207. The lowest BCUT2D eigenvalue weighted by molar-refractivity contribution is -0.152. The average Bonchev–Trinajstić information content (AvgIpc) is 2.48. The summed E-state index contributed by atoms with van der Waals surface area (Å²) >= 11 is 0. The molecule has 1 aromatic carbocycles. The van der Waals surface area contributed by atoms with E-state index in [-0.39, 0.29) is 5.97 Å². The molecule has 1 N–H and O–H groups in total. The maximum absolute atomic E-state index is 12.7. The second-order valence-electron chi connectivity index (χ2n) is 5.26. The van der Waals surface area contributed by atoms with E-state index in [4.69, 9.17) is 4.74 Å². The van der Waals surface area contributed by atoms with Crippen LogP contribution in [0.4, 0.5) is 0 Å². The summed E-state index contributed by atoms with van der Waals surface area (Å²) in [5.41, 5.74) is 0.143. The highest BCUT2D eigenvalue weighted by atomic mass is 16.5. The minimum Gasteiger partial charge on any atom is -0.464 e. The van der Waals surface area contributed by atoms with Crippen molar-refractivity contribution in [2.24, 2.45) is 0 Å². The van der Waals surface area contributed by atoms with Gasteiger partial charge in [-0.3, -0.25) is 5.32 Å². The normalized spacial score (nSPS) is 14.0. The highest BCUT2D eigenvalue weighted by molar-refractivity contribution is 5.83. The minimum atomic E-state index is -0.810. The number of ether oxygens (including phenoxy) is 1. The van der Waals surface area contributed by atoms with E-state index in [1.807, 2.05) is 51.2 Å². The summed E-state index contributed by atoms with van der Waals surface area (Å²) in [6.07, 6.45) is 1.05. The van der Waals surface area contributed by atoms with Gasteiger partial charge in [0.15, 0.2) is 5.54 Å². The van der Waals surface area contributed by atoms with Gasteiger partial charge in [-0.2, -0.15) is 0 Å². The van der Waals surface area contributed by atoms with Crippen LogP contribution < -0.4 is 5.32 Å². The third-order valence-corrected chi connectivity index (χ3v) is 3.48. The summed E-state index contributed by atoms with van der Waals surface area (Å²) < 4.78 is 5.37. The predicted octanol–water partition coefficient (Wildman–Crippen LogP) is 2.40. The van der Waals surface area contributed by atoms with Crippen LogP contribution in [-0.2, 0) is 15.1 Å². The van der Waals surface area contributed by atoms with Crippen LogP contribution in [0.5, 0.6) is 0 Å². The van der Waals surface area contributed by atoms with Crippen LogP contribution in [-0.4, -0.2) is 44.2 Å². The third kappa shape index (κ3) is 4.55. The van der Waals surface area contributed by atoms with Gasteiger partial charge in [0.2, 0.25) is 0 Å². The summed E-state index contributed by atoms with van der Waals surface area (Å²) in [6, 6.07) is 9.85. The van der Waals surface area contributed by atoms with Crippen LogP contribution in [0.2, 0.25) is 0 Å². The van der Waals surface area contributed by atoms with Crippen molar-refractivity contribution in [3.05, 3.63) is 35.9 Å². The molecule has 1 aromatic rings. The Morgan fingerprint density at radius 3 is 2.43 bits per heavy atom. The lowest BCUT2D eigenvalue weighted by Gasteiger charge is -2.36. The fourth-order valence-electron chi connectivity index (χ4n) is 2.65. The molecule has 0 bridgehead atoms. The van der Waals surface area contributed by atoms with Crippen molar-refractivity contribution in [2.75, 3.05) is 33.3 Å².